The van der Waals surface area contributed by atoms with Gasteiger partial charge in [0.2, 0.25) is 0 Å². The van der Waals surface area contributed by atoms with Crippen LogP contribution in [-0.4, -0.2) is 30.0 Å². The number of aromatic nitrogens is 2. The summed E-state index contributed by atoms with van der Waals surface area (Å²) in [4.78, 5) is 21.2. The number of carbonyl (C=O) groups excluding carboxylic acids is 1. The van der Waals surface area contributed by atoms with Crippen molar-refractivity contribution in [1.29, 1.82) is 0 Å². The second-order valence-corrected chi connectivity index (χ2v) is 9.36. The Morgan fingerprint density at radius 1 is 0.967 bits per heavy atom. The van der Waals surface area contributed by atoms with Crippen molar-refractivity contribution in [2.45, 2.75) is 38.6 Å². The lowest BCUT2D eigenvalue weighted by molar-refractivity contribution is 0.0950. The molecule has 1 amide bonds. The average molecular weight is 424 g/mol. The number of hydrogen-bond acceptors (Lipinski definition) is 5. The predicted octanol–water partition coefficient (Wildman–Crippen LogP) is 3.87. The largest absolute Gasteiger partial charge is 0.348 e. The first-order valence-corrected chi connectivity index (χ1v) is 11.4. The molecule has 0 unspecified atom stereocenters. The Morgan fingerprint density at radius 2 is 1.63 bits per heavy atom. The van der Waals surface area contributed by atoms with Crippen LogP contribution in [0.15, 0.2) is 59.8 Å². The number of hydrogen-bond donors (Lipinski definition) is 1. The van der Waals surface area contributed by atoms with Gasteiger partial charge < -0.3 is 5.32 Å². The lowest BCUT2D eigenvalue weighted by Crippen LogP contribution is -2.23. The number of sulfone groups is 1. The quantitative estimate of drug-likeness (QED) is 0.623. The van der Waals surface area contributed by atoms with Crippen molar-refractivity contribution in [2.24, 2.45) is 0 Å². The molecule has 1 N–H and O–H groups in total. The van der Waals surface area contributed by atoms with Crippen molar-refractivity contribution < 1.29 is 13.2 Å². The van der Waals surface area contributed by atoms with Crippen molar-refractivity contribution in [3.8, 4) is 11.1 Å². The van der Waals surface area contributed by atoms with Crippen molar-refractivity contribution in [2.75, 3.05) is 5.75 Å². The van der Waals surface area contributed by atoms with E-state index in [0.717, 1.165) is 16.7 Å². The highest BCUT2D eigenvalue weighted by atomic mass is 32.2. The molecule has 1 aromatic heterocycles. The normalized spacial score (nSPS) is 11.3. The molecule has 7 heteroatoms. The van der Waals surface area contributed by atoms with E-state index in [4.69, 9.17) is 0 Å². The van der Waals surface area contributed by atoms with E-state index in [1.54, 1.807) is 31.5 Å². The Labute approximate surface area is 177 Å². The van der Waals surface area contributed by atoms with Gasteiger partial charge in [0.05, 0.1) is 10.6 Å². The Kier molecular flexibility index (Phi) is 6.62. The summed E-state index contributed by atoms with van der Waals surface area (Å²) in [5, 5.41) is 2.82. The topological polar surface area (TPSA) is 89.0 Å². The van der Waals surface area contributed by atoms with Crippen molar-refractivity contribution in [3.63, 3.8) is 0 Å². The number of rotatable bonds is 7. The van der Waals surface area contributed by atoms with Crippen LogP contribution in [0, 0.1) is 13.8 Å². The minimum absolute atomic E-state index is 0.0338. The van der Waals surface area contributed by atoms with Crippen LogP contribution in [0.2, 0.25) is 0 Å². The molecule has 0 atom stereocenters. The molecule has 0 aliphatic carbocycles. The third kappa shape index (κ3) is 5.30. The maximum Gasteiger partial charge on any atom is 0.251 e. The molecule has 6 nitrogen and oxygen atoms in total. The maximum atomic E-state index is 12.8. The first kappa shape index (κ1) is 21.6. The van der Waals surface area contributed by atoms with Gasteiger partial charge in [-0.05, 0) is 49.6 Å². The van der Waals surface area contributed by atoms with Gasteiger partial charge in [-0.1, -0.05) is 36.8 Å². The first-order chi connectivity index (χ1) is 14.3. The number of nitrogens with one attached hydrogen (secondary N) is 1. The molecule has 0 aliphatic rings. The summed E-state index contributed by atoms with van der Waals surface area (Å²) < 4.78 is 25.4. The molecule has 3 rings (SSSR count). The van der Waals surface area contributed by atoms with Crippen molar-refractivity contribution in [1.82, 2.24) is 15.3 Å². The van der Waals surface area contributed by atoms with Crippen LogP contribution >= 0.6 is 0 Å². The summed E-state index contributed by atoms with van der Waals surface area (Å²) in [5.41, 5.74) is 3.72. The summed E-state index contributed by atoms with van der Waals surface area (Å²) in [6, 6.07) is 12.6. The molecule has 0 radical (unpaired) electrons. The van der Waals surface area contributed by atoms with Gasteiger partial charge in [0.15, 0.2) is 9.84 Å². The van der Waals surface area contributed by atoms with Crippen LogP contribution in [-0.2, 0) is 16.4 Å². The van der Waals surface area contributed by atoms with E-state index < -0.39 is 9.84 Å². The Bertz CT molecular complexity index is 1140. The van der Waals surface area contributed by atoms with Gasteiger partial charge in [0.1, 0.15) is 5.82 Å². The summed E-state index contributed by atoms with van der Waals surface area (Å²) >= 11 is 0. The summed E-state index contributed by atoms with van der Waals surface area (Å²) in [6.07, 6.45) is 3.82. The third-order valence-corrected chi connectivity index (χ3v) is 6.57. The smallest absolute Gasteiger partial charge is 0.251 e. The summed E-state index contributed by atoms with van der Waals surface area (Å²) in [7, 11) is -3.48. The number of aryl methyl sites for hydroxylation is 2. The molecule has 0 fully saturated rings. The molecule has 0 aliphatic heterocycles. The minimum Gasteiger partial charge on any atom is -0.348 e. The molecule has 0 spiro atoms. The minimum atomic E-state index is -3.48. The second kappa shape index (κ2) is 9.17. The lowest BCUT2D eigenvalue weighted by Gasteiger charge is -2.12. The molecule has 3 aromatic rings. The molecule has 2 aromatic carbocycles. The summed E-state index contributed by atoms with van der Waals surface area (Å²) in [6.45, 7) is 5.85. The van der Waals surface area contributed by atoms with E-state index in [0.29, 0.717) is 23.4 Å². The van der Waals surface area contributed by atoms with Gasteiger partial charge in [-0.25, -0.2) is 18.4 Å². The fourth-order valence-electron chi connectivity index (χ4n) is 3.00. The van der Waals surface area contributed by atoms with Gasteiger partial charge >= 0.3 is 0 Å². The van der Waals surface area contributed by atoms with E-state index in [-0.39, 0.29) is 23.1 Å². The zero-order chi connectivity index (χ0) is 21.7. The number of amides is 1. The van der Waals surface area contributed by atoms with Crippen molar-refractivity contribution in [3.05, 3.63) is 77.4 Å². The molecular formula is C23H25N3O3S. The van der Waals surface area contributed by atoms with Gasteiger partial charge in [0, 0.05) is 30.1 Å². The average Bonchev–Trinajstić information content (AvgIpc) is 2.73. The zero-order valence-electron chi connectivity index (χ0n) is 17.3. The fourth-order valence-corrected chi connectivity index (χ4v) is 4.39. The molecular weight excluding hydrogens is 398 g/mol. The van der Waals surface area contributed by atoms with E-state index in [1.165, 1.54) is 6.07 Å². The standard InChI is InChI=1S/C23H25N3O3S/c1-4-9-30(28,29)22-11-20(19-7-5-16(2)6-8-19)10-21(12-22)23(27)26-15-18-13-24-17(3)25-14-18/h5-8,10-14H,4,9,15H2,1-3H3,(H,26,27). The number of benzene rings is 2. The van der Waals surface area contributed by atoms with E-state index in [9.17, 15) is 13.2 Å². The molecule has 0 bridgehead atoms. The highest BCUT2D eigenvalue weighted by Crippen LogP contribution is 2.26. The van der Waals surface area contributed by atoms with Crippen LogP contribution in [0.3, 0.4) is 0 Å². The van der Waals surface area contributed by atoms with Crippen LogP contribution in [0.25, 0.3) is 11.1 Å². The Hall–Kier alpha value is -3.06. The highest BCUT2D eigenvalue weighted by Gasteiger charge is 2.18. The maximum absolute atomic E-state index is 12.8. The third-order valence-electron chi connectivity index (χ3n) is 4.67. The lowest BCUT2D eigenvalue weighted by atomic mass is 10.0. The zero-order valence-corrected chi connectivity index (χ0v) is 18.2. The second-order valence-electron chi connectivity index (χ2n) is 7.25. The van der Waals surface area contributed by atoms with Gasteiger partial charge in [-0.15, -0.1) is 0 Å². The van der Waals surface area contributed by atoms with Crippen LogP contribution < -0.4 is 5.32 Å². The van der Waals surface area contributed by atoms with Crippen LogP contribution in [0.1, 0.15) is 40.7 Å². The Morgan fingerprint density at radius 3 is 2.27 bits per heavy atom. The van der Waals surface area contributed by atoms with E-state index in [2.05, 4.69) is 15.3 Å². The van der Waals surface area contributed by atoms with E-state index in [1.807, 2.05) is 38.1 Å². The molecule has 156 valence electrons. The first-order valence-electron chi connectivity index (χ1n) is 9.79. The van der Waals surface area contributed by atoms with E-state index >= 15 is 0 Å². The molecule has 1 heterocycles. The van der Waals surface area contributed by atoms with Crippen LogP contribution in [0.4, 0.5) is 0 Å². The number of carbonyl (C=O) groups is 1. The van der Waals surface area contributed by atoms with Gasteiger partial charge in [0.25, 0.3) is 5.91 Å². The predicted molar refractivity (Wildman–Crippen MR) is 117 cm³/mol. The highest BCUT2D eigenvalue weighted by molar-refractivity contribution is 7.91. The monoisotopic (exact) mass is 423 g/mol. The SMILES string of the molecule is CCCS(=O)(=O)c1cc(C(=O)NCc2cnc(C)nc2)cc(-c2ccc(C)cc2)c1. The van der Waals surface area contributed by atoms with Gasteiger partial charge in [-0.3, -0.25) is 4.79 Å². The summed E-state index contributed by atoms with van der Waals surface area (Å²) in [5.74, 6) is 0.339. The Balaban J connectivity index is 1.95. The van der Waals surface area contributed by atoms with Crippen LogP contribution in [0.5, 0.6) is 0 Å². The fraction of sp³-hybridized carbons (Fsp3) is 0.261. The number of nitrogens with zero attached hydrogens (tertiary/aromatic N) is 2. The van der Waals surface area contributed by atoms with Crippen molar-refractivity contribution >= 4 is 15.7 Å². The molecule has 0 saturated carbocycles. The molecule has 0 saturated heterocycles. The molecule has 30 heavy (non-hydrogen) atoms. The van der Waals surface area contributed by atoms with Gasteiger partial charge in [-0.2, -0.15) is 0 Å².